The molecule has 8 heteroatoms. The molecule has 2 amide bonds. The molecule has 26 heavy (non-hydrogen) atoms. The highest BCUT2D eigenvalue weighted by molar-refractivity contribution is 5.96. The highest BCUT2D eigenvalue weighted by atomic mass is 16.7. The van der Waals surface area contributed by atoms with E-state index in [2.05, 4.69) is 9.97 Å². The van der Waals surface area contributed by atoms with E-state index < -0.39 is 0 Å². The SMILES string of the molecule is CC(=O)N1CCN(C(=O)c2nc(-c3ccccc3)nc3c2OCO3)CC1. The zero-order valence-electron chi connectivity index (χ0n) is 14.3. The number of ether oxygens (including phenoxy) is 2. The Bertz CT molecular complexity index is 848. The Balaban J connectivity index is 1.65. The van der Waals surface area contributed by atoms with Crippen LogP contribution in [-0.4, -0.2) is 64.6 Å². The largest absolute Gasteiger partial charge is 0.449 e. The fourth-order valence-electron chi connectivity index (χ4n) is 3.04. The van der Waals surface area contributed by atoms with Gasteiger partial charge in [-0.15, -0.1) is 0 Å². The van der Waals surface area contributed by atoms with Crippen LogP contribution in [0.4, 0.5) is 0 Å². The molecule has 8 nitrogen and oxygen atoms in total. The summed E-state index contributed by atoms with van der Waals surface area (Å²) in [5, 5.41) is 0. The smallest absolute Gasteiger partial charge is 0.276 e. The van der Waals surface area contributed by atoms with Crippen LogP contribution >= 0.6 is 0 Å². The van der Waals surface area contributed by atoms with Crippen LogP contribution < -0.4 is 9.47 Å². The molecule has 1 aromatic carbocycles. The van der Waals surface area contributed by atoms with Crippen molar-refractivity contribution >= 4 is 11.8 Å². The van der Waals surface area contributed by atoms with Gasteiger partial charge in [0.15, 0.2) is 11.5 Å². The summed E-state index contributed by atoms with van der Waals surface area (Å²) in [5.41, 5.74) is 0.990. The van der Waals surface area contributed by atoms with E-state index in [-0.39, 0.29) is 35.9 Å². The minimum atomic E-state index is -0.241. The van der Waals surface area contributed by atoms with Crippen LogP contribution in [0.1, 0.15) is 17.4 Å². The Labute approximate surface area is 150 Å². The molecule has 1 saturated heterocycles. The van der Waals surface area contributed by atoms with Crippen molar-refractivity contribution in [3.05, 3.63) is 36.0 Å². The molecule has 1 fully saturated rings. The van der Waals surface area contributed by atoms with Gasteiger partial charge in [-0.05, 0) is 0 Å². The second-order valence-corrected chi connectivity index (χ2v) is 6.10. The number of rotatable bonds is 2. The Hall–Kier alpha value is -3.16. The molecule has 134 valence electrons. The standard InChI is InChI=1S/C18H18N4O4/c1-12(23)21-7-9-22(10-8-21)18(24)14-15-17(26-11-25-15)20-16(19-14)13-5-3-2-4-6-13/h2-6H,7-11H2,1H3. The number of amides is 2. The van der Waals surface area contributed by atoms with Gasteiger partial charge in [-0.1, -0.05) is 30.3 Å². The molecule has 0 bridgehead atoms. The molecule has 0 atom stereocenters. The number of piperazine rings is 1. The Morgan fingerprint density at radius 2 is 1.65 bits per heavy atom. The molecule has 0 saturated carbocycles. The van der Waals surface area contributed by atoms with Crippen LogP contribution in [0.5, 0.6) is 11.6 Å². The lowest BCUT2D eigenvalue weighted by Gasteiger charge is -2.34. The molecule has 0 radical (unpaired) electrons. The van der Waals surface area contributed by atoms with Crippen molar-refractivity contribution in [3.8, 4) is 23.0 Å². The van der Waals surface area contributed by atoms with Crippen LogP contribution in [0.25, 0.3) is 11.4 Å². The van der Waals surface area contributed by atoms with E-state index in [9.17, 15) is 9.59 Å². The second kappa shape index (κ2) is 6.62. The molecule has 1 aromatic heterocycles. The first-order chi connectivity index (χ1) is 12.6. The van der Waals surface area contributed by atoms with Crippen molar-refractivity contribution in [2.75, 3.05) is 33.0 Å². The van der Waals surface area contributed by atoms with E-state index in [1.807, 2.05) is 30.3 Å². The van der Waals surface area contributed by atoms with E-state index in [0.717, 1.165) is 5.56 Å². The van der Waals surface area contributed by atoms with Gasteiger partial charge >= 0.3 is 0 Å². The number of carbonyl (C=O) groups is 2. The predicted octanol–water partition coefficient (Wildman–Crippen LogP) is 1.18. The van der Waals surface area contributed by atoms with E-state index in [1.165, 1.54) is 6.92 Å². The van der Waals surface area contributed by atoms with Crippen molar-refractivity contribution < 1.29 is 19.1 Å². The summed E-state index contributed by atoms with van der Waals surface area (Å²) in [4.78, 5) is 36.7. The van der Waals surface area contributed by atoms with Gasteiger partial charge in [0.2, 0.25) is 18.4 Å². The van der Waals surface area contributed by atoms with Gasteiger partial charge in [-0.2, -0.15) is 4.98 Å². The van der Waals surface area contributed by atoms with Crippen LogP contribution in [0.3, 0.4) is 0 Å². The first-order valence-electron chi connectivity index (χ1n) is 8.41. The summed E-state index contributed by atoms with van der Waals surface area (Å²) >= 11 is 0. The number of aromatic nitrogens is 2. The first kappa shape index (κ1) is 16.3. The predicted molar refractivity (Wildman–Crippen MR) is 91.7 cm³/mol. The average Bonchev–Trinajstić information content (AvgIpc) is 3.16. The summed E-state index contributed by atoms with van der Waals surface area (Å²) in [7, 11) is 0. The highest BCUT2D eigenvalue weighted by Gasteiger charge is 2.31. The lowest BCUT2D eigenvalue weighted by molar-refractivity contribution is -0.130. The summed E-state index contributed by atoms with van der Waals surface area (Å²) in [6.45, 7) is 3.48. The van der Waals surface area contributed by atoms with Gasteiger partial charge in [0.05, 0.1) is 0 Å². The normalized spacial score (nSPS) is 15.9. The first-order valence-corrected chi connectivity index (χ1v) is 8.41. The lowest BCUT2D eigenvalue weighted by atomic mass is 10.2. The van der Waals surface area contributed by atoms with Gasteiger partial charge in [0.1, 0.15) is 0 Å². The molecule has 0 aliphatic carbocycles. The van der Waals surface area contributed by atoms with Crippen LogP contribution in [0.2, 0.25) is 0 Å². The highest BCUT2D eigenvalue weighted by Crippen LogP contribution is 2.35. The Morgan fingerprint density at radius 1 is 0.962 bits per heavy atom. The summed E-state index contributed by atoms with van der Waals surface area (Å²) in [5.74, 6) is 0.756. The topological polar surface area (TPSA) is 84.9 Å². The van der Waals surface area contributed by atoms with Gasteiger partial charge in [0, 0.05) is 38.7 Å². The minimum absolute atomic E-state index is 0.0145. The van der Waals surface area contributed by atoms with Crippen molar-refractivity contribution in [2.24, 2.45) is 0 Å². The summed E-state index contributed by atoms with van der Waals surface area (Å²) in [6, 6.07) is 9.41. The van der Waals surface area contributed by atoms with Crippen molar-refractivity contribution in [2.45, 2.75) is 6.92 Å². The van der Waals surface area contributed by atoms with Crippen molar-refractivity contribution in [1.29, 1.82) is 0 Å². The van der Waals surface area contributed by atoms with Crippen molar-refractivity contribution in [3.63, 3.8) is 0 Å². The summed E-state index contributed by atoms with van der Waals surface area (Å²) < 4.78 is 10.8. The molecule has 4 rings (SSSR count). The quantitative estimate of drug-likeness (QED) is 0.805. The van der Waals surface area contributed by atoms with Crippen LogP contribution in [0.15, 0.2) is 30.3 Å². The molecule has 2 aromatic rings. The maximum atomic E-state index is 13.0. The van der Waals surface area contributed by atoms with Crippen LogP contribution in [0, 0.1) is 0 Å². The maximum absolute atomic E-state index is 13.0. The minimum Gasteiger partial charge on any atom is -0.449 e. The van der Waals surface area contributed by atoms with Gasteiger partial charge < -0.3 is 19.3 Å². The maximum Gasteiger partial charge on any atom is 0.276 e. The molecule has 2 aliphatic heterocycles. The molecular formula is C18H18N4O4. The third kappa shape index (κ3) is 2.94. The average molecular weight is 354 g/mol. The van der Waals surface area contributed by atoms with Crippen molar-refractivity contribution in [1.82, 2.24) is 19.8 Å². The number of fused-ring (bicyclic) bond motifs is 1. The van der Waals surface area contributed by atoms with Gasteiger partial charge in [-0.3, -0.25) is 9.59 Å². The molecule has 0 spiro atoms. The third-order valence-electron chi connectivity index (χ3n) is 4.48. The number of carbonyl (C=O) groups excluding carboxylic acids is 2. The molecule has 0 N–H and O–H groups in total. The van der Waals surface area contributed by atoms with E-state index in [4.69, 9.17) is 9.47 Å². The van der Waals surface area contributed by atoms with Gasteiger partial charge in [-0.25, -0.2) is 4.98 Å². The number of nitrogens with zero attached hydrogens (tertiary/aromatic N) is 4. The van der Waals surface area contributed by atoms with Crippen LogP contribution in [-0.2, 0) is 4.79 Å². The molecular weight excluding hydrogens is 336 g/mol. The fraction of sp³-hybridized carbons (Fsp3) is 0.333. The Morgan fingerprint density at radius 3 is 2.35 bits per heavy atom. The fourth-order valence-corrected chi connectivity index (χ4v) is 3.04. The second-order valence-electron chi connectivity index (χ2n) is 6.10. The zero-order chi connectivity index (χ0) is 18.1. The summed E-state index contributed by atoms with van der Waals surface area (Å²) in [6.07, 6.45) is 0. The lowest BCUT2D eigenvalue weighted by Crippen LogP contribution is -2.50. The van der Waals surface area contributed by atoms with E-state index in [0.29, 0.717) is 32.0 Å². The molecule has 2 aliphatic rings. The number of benzene rings is 1. The van der Waals surface area contributed by atoms with Gasteiger partial charge in [0.25, 0.3) is 11.8 Å². The van der Waals surface area contributed by atoms with E-state index in [1.54, 1.807) is 9.80 Å². The molecule has 3 heterocycles. The monoisotopic (exact) mass is 354 g/mol. The Kier molecular flexibility index (Phi) is 4.16. The zero-order valence-corrected chi connectivity index (χ0v) is 14.3. The third-order valence-corrected chi connectivity index (χ3v) is 4.48. The number of hydrogen-bond acceptors (Lipinski definition) is 6. The van der Waals surface area contributed by atoms with E-state index >= 15 is 0 Å². The molecule has 0 unspecified atom stereocenters. The number of hydrogen-bond donors (Lipinski definition) is 0.